The third-order valence-corrected chi connectivity index (χ3v) is 2.64. The highest BCUT2D eigenvalue weighted by atomic mass is 32.1. The summed E-state index contributed by atoms with van der Waals surface area (Å²) in [6.07, 6.45) is 5.71. The number of thiophene rings is 1. The largest absolute Gasteiger partial charge is 0.302 e. The molecule has 2 heterocycles. The molecule has 1 atom stereocenters. The van der Waals surface area contributed by atoms with Gasteiger partial charge in [0, 0.05) is 18.6 Å². The molecule has 2 aromatic rings. The number of nitrogens with zero attached hydrogens (tertiary/aromatic N) is 2. The second-order valence-electron chi connectivity index (χ2n) is 2.80. The van der Waals surface area contributed by atoms with Crippen molar-refractivity contribution in [2.75, 3.05) is 0 Å². The predicted molar refractivity (Wildman–Crippen MR) is 54.3 cm³/mol. The van der Waals surface area contributed by atoms with E-state index in [9.17, 15) is 4.79 Å². The summed E-state index contributed by atoms with van der Waals surface area (Å²) in [5, 5.41) is 3.90. The Labute approximate surface area is 85.5 Å². The molecule has 4 heteroatoms. The molecule has 14 heavy (non-hydrogen) atoms. The molecule has 0 amide bonds. The first kappa shape index (κ1) is 9.02. The summed E-state index contributed by atoms with van der Waals surface area (Å²) in [5.74, 6) is -0.282. The van der Waals surface area contributed by atoms with Crippen LogP contribution in [0.1, 0.15) is 17.2 Å². The van der Waals surface area contributed by atoms with Crippen LogP contribution >= 0.6 is 11.3 Å². The van der Waals surface area contributed by atoms with Crippen molar-refractivity contribution in [2.45, 2.75) is 5.92 Å². The van der Waals surface area contributed by atoms with Crippen LogP contribution in [0.3, 0.4) is 0 Å². The van der Waals surface area contributed by atoms with E-state index in [0.29, 0.717) is 5.69 Å². The topological polar surface area (TPSA) is 42.9 Å². The van der Waals surface area contributed by atoms with Crippen molar-refractivity contribution in [3.63, 3.8) is 0 Å². The van der Waals surface area contributed by atoms with Crippen molar-refractivity contribution in [3.8, 4) is 0 Å². The van der Waals surface area contributed by atoms with Crippen LogP contribution in [0.2, 0.25) is 0 Å². The molecule has 0 spiro atoms. The second kappa shape index (κ2) is 4.11. The second-order valence-corrected chi connectivity index (χ2v) is 3.58. The molecule has 0 saturated carbocycles. The fourth-order valence-corrected chi connectivity index (χ4v) is 1.94. The van der Waals surface area contributed by atoms with Gasteiger partial charge in [-0.15, -0.1) is 0 Å². The third-order valence-electron chi connectivity index (χ3n) is 1.94. The van der Waals surface area contributed by atoms with Crippen molar-refractivity contribution >= 4 is 17.6 Å². The van der Waals surface area contributed by atoms with E-state index in [1.54, 1.807) is 29.9 Å². The van der Waals surface area contributed by atoms with Gasteiger partial charge in [-0.3, -0.25) is 9.97 Å². The molecular weight excluding hydrogens is 196 g/mol. The van der Waals surface area contributed by atoms with Crippen molar-refractivity contribution in [1.29, 1.82) is 0 Å². The summed E-state index contributed by atoms with van der Waals surface area (Å²) >= 11 is 1.57. The lowest BCUT2D eigenvalue weighted by Crippen LogP contribution is -2.03. The van der Waals surface area contributed by atoms with Gasteiger partial charge in [0.15, 0.2) is 0 Å². The molecule has 0 aliphatic carbocycles. The monoisotopic (exact) mass is 204 g/mol. The third kappa shape index (κ3) is 1.70. The molecule has 0 fully saturated rings. The first-order valence-electron chi connectivity index (χ1n) is 4.15. The van der Waals surface area contributed by atoms with E-state index in [1.165, 1.54) is 0 Å². The number of aromatic nitrogens is 2. The van der Waals surface area contributed by atoms with Gasteiger partial charge in [0.1, 0.15) is 6.29 Å². The predicted octanol–water partition coefficient (Wildman–Crippen LogP) is 1.87. The highest BCUT2D eigenvalue weighted by molar-refractivity contribution is 7.08. The lowest BCUT2D eigenvalue weighted by molar-refractivity contribution is -0.108. The van der Waals surface area contributed by atoms with Crippen LogP contribution in [0.4, 0.5) is 0 Å². The molecule has 2 aromatic heterocycles. The normalized spacial score (nSPS) is 12.3. The van der Waals surface area contributed by atoms with E-state index in [0.717, 1.165) is 11.8 Å². The van der Waals surface area contributed by atoms with Crippen LogP contribution in [0.15, 0.2) is 35.4 Å². The minimum atomic E-state index is -0.282. The Morgan fingerprint density at radius 1 is 1.43 bits per heavy atom. The average Bonchev–Trinajstić information content (AvgIpc) is 2.74. The van der Waals surface area contributed by atoms with Gasteiger partial charge in [-0.25, -0.2) is 0 Å². The fraction of sp³-hybridized carbons (Fsp3) is 0.100. The highest BCUT2D eigenvalue weighted by Gasteiger charge is 2.14. The molecule has 1 unspecified atom stereocenters. The number of aldehydes is 1. The Balaban J connectivity index is 2.36. The van der Waals surface area contributed by atoms with Gasteiger partial charge in [0.25, 0.3) is 0 Å². The number of hydrogen-bond donors (Lipinski definition) is 0. The molecule has 70 valence electrons. The standard InChI is InChI=1S/C10H8N2OS/c13-6-9(8-1-4-14-7-8)10-5-11-2-3-12-10/h1-7,9H. The Hall–Kier alpha value is -1.55. The Morgan fingerprint density at radius 3 is 2.93 bits per heavy atom. The van der Waals surface area contributed by atoms with Crippen LogP contribution in [0.5, 0.6) is 0 Å². The van der Waals surface area contributed by atoms with Gasteiger partial charge in [0.2, 0.25) is 0 Å². The van der Waals surface area contributed by atoms with Crippen molar-refractivity contribution in [2.24, 2.45) is 0 Å². The number of rotatable bonds is 3. The van der Waals surface area contributed by atoms with E-state index < -0.39 is 0 Å². The van der Waals surface area contributed by atoms with Crippen molar-refractivity contribution < 1.29 is 4.79 Å². The van der Waals surface area contributed by atoms with E-state index in [4.69, 9.17) is 0 Å². The summed E-state index contributed by atoms with van der Waals surface area (Å²) in [7, 11) is 0. The summed E-state index contributed by atoms with van der Waals surface area (Å²) in [5.41, 5.74) is 1.67. The molecule has 2 rings (SSSR count). The Kier molecular flexibility index (Phi) is 2.65. The highest BCUT2D eigenvalue weighted by Crippen LogP contribution is 2.22. The van der Waals surface area contributed by atoms with Crippen LogP contribution < -0.4 is 0 Å². The van der Waals surface area contributed by atoms with Gasteiger partial charge >= 0.3 is 0 Å². The van der Waals surface area contributed by atoms with Crippen molar-refractivity contribution in [3.05, 3.63) is 46.7 Å². The first-order chi connectivity index (χ1) is 6.92. The first-order valence-corrected chi connectivity index (χ1v) is 5.09. The van der Waals surface area contributed by atoms with E-state index >= 15 is 0 Å². The lowest BCUT2D eigenvalue weighted by Gasteiger charge is -2.05. The lowest BCUT2D eigenvalue weighted by atomic mass is 10.0. The Morgan fingerprint density at radius 2 is 2.36 bits per heavy atom. The summed E-state index contributed by atoms with van der Waals surface area (Å²) in [4.78, 5) is 19.0. The maximum Gasteiger partial charge on any atom is 0.133 e. The maximum absolute atomic E-state index is 10.9. The maximum atomic E-state index is 10.9. The van der Waals surface area contributed by atoms with Gasteiger partial charge in [-0.1, -0.05) is 0 Å². The van der Waals surface area contributed by atoms with Crippen LogP contribution in [-0.2, 0) is 4.79 Å². The number of hydrogen-bond acceptors (Lipinski definition) is 4. The molecule has 0 radical (unpaired) electrons. The zero-order valence-corrected chi connectivity index (χ0v) is 8.15. The zero-order chi connectivity index (χ0) is 9.80. The quantitative estimate of drug-likeness (QED) is 0.717. The van der Waals surface area contributed by atoms with Gasteiger partial charge in [-0.2, -0.15) is 11.3 Å². The SMILES string of the molecule is O=CC(c1ccsc1)c1cnccn1. The average molecular weight is 204 g/mol. The molecular formula is C10H8N2OS. The zero-order valence-electron chi connectivity index (χ0n) is 7.33. The minimum absolute atomic E-state index is 0.282. The summed E-state index contributed by atoms with van der Waals surface area (Å²) in [6.45, 7) is 0. The molecule has 0 aromatic carbocycles. The van der Waals surface area contributed by atoms with Gasteiger partial charge in [-0.05, 0) is 22.4 Å². The van der Waals surface area contributed by atoms with Crippen molar-refractivity contribution in [1.82, 2.24) is 9.97 Å². The van der Waals surface area contributed by atoms with E-state index in [1.807, 2.05) is 16.8 Å². The van der Waals surface area contributed by atoms with Crippen LogP contribution in [0.25, 0.3) is 0 Å². The molecule has 0 N–H and O–H groups in total. The minimum Gasteiger partial charge on any atom is -0.302 e. The molecule has 0 saturated heterocycles. The summed E-state index contributed by atoms with van der Waals surface area (Å²) < 4.78 is 0. The summed E-state index contributed by atoms with van der Waals surface area (Å²) in [6, 6.07) is 1.93. The van der Waals surface area contributed by atoms with Gasteiger partial charge in [0.05, 0.1) is 11.6 Å². The molecule has 0 aliphatic heterocycles. The number of carbonyl (C=O) groups excluding carboxylic acids is 1. The smallest absolute Gasteiger partial charge is 0.133 e. The van der Waals surface area contributed by atoms with Crippen LogP contribution in [0, 0.1) is 0 Å². The molecule has 3 nitrogen and oxygen atoms in total. The number of carbonyl (C=O) groups is 1. The Bertz CT molecular complexity index is 399. The van der Waals surface area contributed by atoms with E-state index in [-0.39, 0.29) is 5.92 Å². The molecule has 0 aliphatic rings. The van der Waals surface area contributed by atoms with E-state index in [2.05, 4.69) is 9.97 Å². The van der Waals surface area contributed by atoms with Gasteiger partial charge < -0.3 is 4.79 Å². The fourth-order valence-electron chi connectivity index (χ4n) is 1.24. The molecule has 0 bridgehead atoms. The van der Waals surface area contributed by atoms with Crippen LogP contribution in [-0.4, -0.2) is 16.3 Å².